The molecule has 1 aromatic carbocycles. The van der Waals surface area contributed by atoms with Gasteiger partial charge < -0.3 is 0 Å². The van der Waals surface area contributed by atoms with E-state index in [4.69, 9.17) is 28.2 Å². The second-order valence-corrected chi connectivity index (χ2v) is 8.55. The Labute approximate surface area is 185 Å². The van der Waals surface area contributed by atoms with Gasteiger partial charge in [0.05, 0.1) is 15.9 Å². The monoisotopic (exact) mass is 491 g/mol. The van der Waals surface area contributed by atoms with Crippen LogP contribution in [0, 0.1) is 6.92 Å². The predicted octanol–water partition coefficient (Wildman–Crippen LogP) is 5.60. The molecule has 3 heterocycles. The maximum absolute atomic E-state index is 13.4. The highest BCUT2D eigenvalue weighted by Gasteiger charge is 2.22. The van der Waals surface area contributed by atoms with Gasteiger partial charge in [-0.3, -0.25) is 9.36 Å². The molecule has 0 aliphatic rings. The van der Waals surface area contributed by atoms with Crippen LogP contribution in [0.2, 0.25) is 10.0 Å². The van der Waals surface area contributed by atoms with Crippen LogP contribution in [-0.4, -0.2) is 24.3 Å². The van der Waals surface area contributed by atoms with Crippen molar-refractivity contribution in [1.29, 1.82) is 0 Å². The Morgan fingerprint density at radius 1 is 1.17 bits per heavy atom. The molecule has 0 unspecified atom stereocenters. The van der Waals surface area contributed by atoms with Crippen molar-refractivity contribution in [2.75, 3.05) is 0 Å². The molecule has 0 bridgehead atoms. The summed E-state index contributed by atoms with van der Waals surface area (Å²) in [6, 6.07) is 8.58. The highest BCUT2D eigenvalue weighted by atomic mass is 79.9. The van der Waals surface area contributed by atoms with Crippen molar-refractivity contribution in [2.24, 2.45) is 0 Å². The summed E-state index contributed by atoms with van der Waals surface area (Å²) < 4.78 is 3.80. The summed E-state index contributed by atoms with van der Waals surface area (Å²) in [4.78, 5) is 22.6. The number of hydrogen-bond donors (Lipinski definition) is 0. The van der Waals surface area contributed by atoms with Gasteiger partial charge in [0.25, 0.3) is 5.56 Å². The summed E-state index contributed by atoms with van der Waals surface area (Å²) in [6.45, 7) is 5.74. The molecule has 0 spiro atoms. The van der Waals surface area contributed by atoms with Gasteiger partial charge in [0.2, 0.25) is 0 Å². The lowest BCUT2D eigenvalue weighted by Crippen LogP contribution is -2.26. The summed E-state index contributed by atoms with van der Waals surface area (Å²) in [5, 5.41) is 5.90. The molecule has 0 radical (unpaired) electrons. The van der Waals surface area contributed by atoms with E-state index in [1.807, 2.05) is 20.8 Å². The number of pyridine rings is 1. The summed E-state index contributed by atoms with van der Waals surface area (Å²) in [5.41, 5.74) is 1.85. The molecule has 0 saturated carbocycles. The maximum atomic E-state index is 13.4. The van der Waals surface area contributed by atoms with E-state index in [0.29, 0.717) is 42.9 Å². The quantitative estimate of drug-likeness (QED) is 0.373. The standard InChI is InChI=1S/C20H16BrCl2N5O/c1-10(2)27-19(25-17-11(3)7-12(22)8-13(17)20(27)29)15-9-16(21)26-28(15)18-14(23)5-4-6-24-18/h4-10H,1-3H3. The van der Waals surface area contributed by atoms with Crippen LogP contribution in [0.1, 0.15) is 25.5 Å². The Kier molecular flexibility index (Phi) is 5.23. The van der Waals surface area contributed by atoms with E-state index < -0.39 is 0 Å². The van der Waals surface area contributed by atoms with Gasteiger partial charge in [0.15, 0.2) is 11.6 Å². The zero-order chi connectivity index (χ0) is 20.9. The number of rotatable bonds is 3. The van der Waals surface area contributed by atoms with E-state index in [1.54, 1.807) is 45.8 Å². The van der Waals surface area contributed by atoms with Crippen LogP contribution in [0.4, 0.5) is 0 Å². The largest absolute Gasteiger partial charge is 0.288 e. The Bertz CT molecular complexity index is 1310. The first kappa shape index (κ1) is 20.1. The first-order valence-corrected chi connectivity index (χ1v) is 10.4. The van der Waals surface area contributed by atoms with Crippen LogP contribution in [0.5, 0.6) is 0 Å². The number of fused-ring (bicyclic) bond motifs is 1. The smallest absolute Gasteiger partial charge is 0.261 e. The molecule has 6 nitrogen and oxygen atoms in total. The van der Waals surface area contributed by atoms with Crippen LogP contribution < -0.4 is 5.56 Å². The van der Waals surface area contributed by atoms with Gasteiger partial charge in [0, 0.05) is 23.3 Å². The van der Waals surface area contributed by atoms with Gasteiger partial charge in [-0.05, 0) is 66.5 Å². The number of aryl methyl sites for hydroxylation is 1. The molecular formula is C20H16BrCl2N5O. The summed E-state index contributed by atoms with van der Waals surface area (Å²) in [5.74, 6) is 0.926. The van der Waals surface area contributed by atoms with E-state index in [2.05, 4.69) is 26.0 Å². The number of nitrogens with zero attached hydrogens (tertiary/aromatic N) is 5. The fraction of sp³-hybridized carbons (Fsp3) is 0.200. The Balaban J connectivity index is 2.12. The molecule has 0 saturated heterocycles. The van der Waals surface area contributed by atoms with Crippen LogP contribution in [0.15, 0.2) is 45.9 Å². The number of benzene rings is 1. The Morgan fingerprint density at radius 2 is 1.93 bits per heavy atom. The predicted molar refractivity (Wildman–Crippen MR) is 119 cm³/mol. The SMILES string of the molecule is Cc1cc(Cl)cc2c(=O)n(C(C)C)c(-c3cc(Br)nn3-c3ncccc3Cl)nc12. The first-order valence-electron chi connectivity index (χ1n) is 8.87. The third-order valence-corrected chi connectivity index (χ3v) is 5.43. The molecule has 0 aliphatic heterocycles. The molecule has 29 heavy (non-hydrogen) atoms. The summed E-state index contributed by atoms with van der Waals surface area (Å²) >= 11 is 16.0. The van der Waals surface area contributed by atoms with Crippen molar-refractivity contribution in [3.63, 3.8) is 0 Å². The molecule has 0 atom stereocenters. The molecule has 0 N–H and O–H groups in total. The third-order valence-electron chi connectivity index (χ3n) is 4.53. The molecule has 148 valence electrons. The molecule has 9 heteroatoms. The van der Waals surface area contributed by atoms with Crippen LogP contribution in [0.25, 0.3) is 28.2 Å². The summed E-state index contributed by atoms with van der Waals surface area (Å²) in [6.07, 6.45) is 1.63. The maximum Gasteiger partial charge on any atom is 0.261 e. The second-order valence-electron chi connectivity index (χ2n) is 6.90. The van der Waals surface area contributed by atoms with Gasteiger partial charge in [-0.15, -0.1) is 0 Å². The second kappa shape index (κ2) is 7.55. The zero-order valence-electron chi connectivity index (χ0n) is 15.8. The van der Waals surface area contributed by atoms with E-state index in [0.717, 1.165) is 5.56 Å². The van der Waals surface area contributed by atoms with Crippen LogP contribution in [-0.2, 0) is 0 Å². The van der Waals surface area contributed by atoms with Crippen molar-refractivity contribution in [3.8, 4) is 17.3 Å². The van der Waals surface area contributed by atoms with E-state index >= 15 is 0 Å². The minimum absolute atomic E-state index is 0.144. The van der Waals surface area contributed by atoms with Gasteiger partial charge in [-0.1, -0.05) is 23.2 Å². The average molecular weight is 493 g/mol. The molecular weight excluding hydrogens is 477 g/mol. The van der Waals surface area contributed by atoms with Gasteiger partial charge in [0.1, 0.15) is 10.3 Å². The molecule has 0 amide bonds. The van der Waals surface area contributed by atoms with E-state index in [-0.39, 0.29) is 11.6 Å². The molecule has 0 fully saturated rings. The highest BCUT2D eigenvalue weighted by molar-refractivity contribution is 9.10. The topological polar surface area (TPSA) is 65.6 Å². The van der Waals surface area contributed by atoms with Crippen LogP contribution >= 0.6 is 39.1 Å². The Morgan fingerprint density at radius 3 is 2.62 bits per heavy atom. The molecule has 4 rings (SSSR count). The number of hydrogen-bond acceptors (Lipinski definition) is 4. The van der Waals surface area contributed by atoms with Crippen LogP contribution in [0.3, 0.4) is 0 Å². The average Bonchev–Trinajstić information content (AvgIpc) is 3.03. The van der Waals surface area contributed by atoms with Gasteiger partial charge in [-0.2, -0.15) is 5.10 Å². The minimum Gasteiger partial charge on any atom is -0.288 e. The number of halogens is 3. The Hall–Kier alpha value is -2.22. The van der Waals surface area contributed by atoms with E-state index in [1.165, 1.54) is 0 Å². The fourth-order valence-electron chi connectivity index (χ4n) is 3.30. The van der Waals surface area contributed by atoms with Crippen molar-refractivity contribution >= 4 is 50.0 Å². The molecule has 0 aliphatic carbocycles. The minimum atomic E-state index is -0.165. The fourth-order valence-corrected chi connectivity index (χ4v) is 4.15. The number of aromatic nitrogens is 5. The normalized spacial score (nSPS) is 11.6. The first-order chi connectivity index (χ1) is 13.8. The molecule has 4 aromatic rings. The molecule has 3 aromatic heterocycles. The lowest BCUT2D eigenvalue weighted by Gasteiger charge is -2.18. The van der Waals surface area contributed by atoms with E-state index in [9.17, 15) is 4.79 Å². The van der Waals surface area contributed by atoms with Crippen molar-refractivity contribution in [3.05, 3.63) is 67.1 Å². The lowest BCUT2D eigenvalue weighted by atomic mass is 10.1. The van der Waals surface area contributed by atoms with Crippen molar-refractivity contribution in [1.82, 2.24) is 24.3 Å². The lowest BCUT2D eigenvalue weighted by molar-refractivity contribution is 0.578. The highest BCUT2D eigenvalue weighted by Crippen LogP contribution is 2.30. The van der Waals surface area contributed by atoms with Crippen molar-refractivity contribution < 1.29 is 0 Å². The van der Waals surface area contributed by atoms with Gasteiger partial charge in [-0.25, -0.2) is 14.6 Å². The summed E-state index contributed by atoms with van der Waals surface area (Å²) in [7, 11) is 0. The van der Waals surface area contributed by atoms with Crippen molar-refractivity contribution in [2.45, 2.75) is 26.8 Å². The van der Waals surface area contributed by atoms with Gasteiger partial charge >= 0.3 is 0 Å². The zero-order valence-corrected chi connectivity index (χ0v) is 18.9. The third kappa shape index (κ3) is 3.47.